The van der Waals surface area contributed by atoms with Crippen molar-refractivity contribution in [2.45, 2.75) is 10.6 Å². The van der Waals surface area contributed by atoms with Crippen molar-refractivity contribution >= 4 is 50.9 Å². The highest BCUT2D eigenvalue weighted by molar-refractivity contribution is 9.10. The summed E-state index contributed by atoms with van der Waals surface area (Å²) < 4.78 is 13.6. The van der Waals surface area contributed by atoms with Crippen molar-refractivity contribution in [1.29, 1.82) is 0 Å². The lowest BCUT2D eigenvalue weighted by molar-refractivity contribution is 0.620. The molecule has 18 heavy (non-hydrogen) atoms. The number of rotatable bonds is 3. The van der Waals surface area contributed by atoms with E-state index in [9.17, 15) is 4.39 Å². The number of benzene rings is 2. The maximum atomic E-state index is 13.1. The minimum absolute atomic E-state index is 0.260. The fraction of sp³-hybridized carbons (Fsp3) is 0.0769. The molecular formula is C13H8BrCl2FS. The molecule has 0 aliphatic carbocycles. The largest absolute Gasteiger partial charge is 0.206 e. The Morgan fingerprint density at radius 3 is 2.61 bits per heavy atom. The molecule has 0 radical (unpaired) electrons. The second kappa shape index (κ2) is 6.29. The van der Waals surface area contributed by atoms with Crippen LogP contribution in [-0.2, 0) is 5.75 Å². The van der Waals surface area contributed by atoms with E-state index in [1.807, 2.05) is 6.07 Å². The Labute approximate surface area is 128 Å². The van der Waals surface area contributed by atoms with Gasteiger partial charge >= 0.3 is 0 Å². The third-order valence-electron chi connectivity index (χ3n) is 2.27. The van der Waals surface area contributed by atoms with Crippen LogP contribution in [0.5, 0.6) is 0 Å². The van der Waals surface area contributed by atoms with Crippen LogP contribution in [0.1, 0.15) is 5.56 Å². The zero-order valence-electron chi connectivity index (χ0n) is 9.09. The molecule has 0 saturated carbocycles. The van der Waals surface area contributed by atoms with Crippen molar-refractivity contribution in [3.8, 4) is 0 Å². The molecule has 0 nitrogen and oxygen atoms in total. The predicted molar refractivity (Wildman–Crippen MR) is 80.1 cm³/mol. The van der Waals surface area contributed by atoms with Crippen LogP contribution in [0.3, 0.4) is 0 Å². The van der Waals surface area contributed by atoms with Crippen LogP contribution >= 0.6 is 50.9 Å². The molecule has 2 aromatic carbocycles. The monoisotopic (exact) mass is 364 g/mol. The summed E-state index contributed by atoms with van der Waals surface area (Å²) in [6.45, 7) is 0. The Hall–Kier alpha value is -0.220. The molecule has 0 bridgehead atoms. The van der Waals surface area contributed by atoms with E-state index in [4.69, 9.17) is 23.2 Å². The van der Waals surface area contributed by atoms with E-state index in [1.165, 1.54) is 6.07 Å². The highest BCUT2D eigenvalue weighted by Crippen LogP contribution is 2.32. The molecule has 0 spiro atoms. The molecule has 2 rings (SSSR count). The summed E-state index contributed by atoms with van der Waals surface area (Å²) in [5.41, 5.74) is 1.02. The van der Waals surface area contributed by atoms with Gasteiger partial charge in [-0.25, -0.2) is 4.39 Å². The highest BCUT2D eigenvalue weighted by Gasteiger charge is 2.05. The van der Waals surface area contributed by atoms with Gasteiger partial charge in [-0.15, -0.1) is 11.8 Å². The first kappa shape index (κ1) is 14.2. The standard InChI is InChI=1S/C13H8BrCl2FS/c14-10-5-8(1-4-12(10)17)7-18-13-6-9(15)2-3-11(13)16/h1-6H,7H2. The molecule has 0 aliphatic rings. The van der Waals surface area contributed by atoms with Crippen LogP contribution in [-0.4, -0.2) is 0 Å². The molecule has 0 atom stereocenters. The summed E-state index contributed by atoms with van der Waals surface area (Å²) in [4.78, 5) is 0.921. The molecule has 5 heteroatoms. The average Bonchev–Trinajstić information content (AvgIpc) is 2.34. The van der Waals surface area contributed by atoms with Crippen LogP contribution in [0, 0.1) is 5.82 Å². The number of hydrogen-bond donors (Lipinski definition) is 0. The fourth-order valence-electron chi connectivity index (χ4n) is 1.38. The van der Waals surface area contributed by atoms with Gasteiger partial charge in [0.15, 0.2) is 0 Å². The zero-order valence-corrected chi connectivity index (χ0v) is 13.0. The lowest BCUT2D eigenvalue weighted by atomic mass is 10.2. The van der Waals surface area contributed by atoms with Crippen LogP contribution < -0.4 is 0 Å². The van der Waals surface area contributed by atoms with Crippen molar-refractivity contribution in [1.82, 2.24) is 0 Å². The predicted octanol–water partition coefficient (Wildman–Crippen LogP) is 6.19. The van der Waals surface area contributed by atoms with Gasteiger partial charge in [-0.1, -0.05) is 29.3 Å². The quantitative estimate of drug-likeness (QED) is 0.584. The first-order valence-electron chi connectivity index (χ1n) is 5.08. The Bertz CT molecular complexity index is 575. The Balaban J connectivity index is 2.11. The van der Waals surface area contributed by atoms with E-state index in [1.54, 1.807) is 36.0 Å². The van der Waals surface area contributed by atoms with Crippen LogP contribution in [0.15, 0.2) is 45.8 Å². The van der Waals surface area contributed by atoms with Crippen molar-refractivity contribution < 1.29 is 4.39 Å². The molecule has 0 aromatic heterocycles. The molecule has 0 amide bonds. The Morgan fingerprint density at radius 1 is 1.11 bits per heavy atom. The number of halogens is 4. The van der Waals surface area contributed by atoms with E-state index >= 15 is 0 Å². The summed E-state index contributed by atoms with van der Waals surface area (Å²) in [5.74, 6) is 0.448. The lowest BCUT2D eigenvalue weighted by Crippen LogP contribution is -1.84. The number of thioether (sulfide) groups is 1. The molecule has 0 N–H and O–H groups in total. The summed E-state index contributed by atoms with van der Waals surface area (Å²) in [6, 6.07) is 10.3. The molecule has 0 unspecified atom stereocenters. The number of hydrogen-bond acceptors (Lipinski definition) is 1. The van der Waals surface area contributed by atoms with Gasteiger partial charge in [0.2, 0.25) is 0 Å². The average molecular weight is 366 g/mol. The van der Waals surface area contributed by atoms with Gasteiger partial charge in [0, 0.05) is 15.7 Å². The van der Waals surface area contributed by atoms with Gasteiger partial charge in [-0.2, -0.15) is 0 Å². The maximum absolute atomic E-state index is 13.1. The molecule has 0 fully saturated rings. The topological polar surface area (TPSA) is 0 Å². The van der Waals surface area contributed by atoms with Crippen molar-refractivity contribution in [3.05, 3.63) is 62.3 Å². The van der Waals surface area contributed by atoms with Crippen LogP contribution in [0.4, 0.5) is 4.39 Å². The van der Waals surface area contributed by atoms with E-state index < -0.39 is 0 Å². The Kier molecular flexibility index (Phi) is 4.96. The summed E-state index contributed by atoms with van der Waals surface area (Å²) >= 11 is 16.7. The fourth-order valence-corrected chi connectivity index (χ4v) is 3.24. The van der Waals surface area contributed by atoms with Crippen molar-refractivity contribution in [3.63, 3.8) is 0 Å². The smallest absolute Gasteiger partial charge is 0.137 e. The summed E-state index contributed by atoms with van der Waals surface area (Å²) in [6.07, 6.45) is 0. The third kappa shape index (κ3) is 3.64. The van der Waals surface area contributed by atoms with Crippen LogP contribution in [0.25, 0.3) is 0 Å². The van der Waals surface area contributed by atoms with E-state index in [2.05, 4.69) is 15.9 Å². The summed E-state index contributed by atoms with van der Waals surface area (Å²) in [7, 11) is 0. The molecule has 2 aromatic rings. The third-order valence-corrected chi connectivity index (χ3v) is 4.68. The second-order valence-corrected chi connectivity index (χ2v) is 6.33. The van der Waals surface area contributed by atoms with Crippen LogP contribution in [0.2, 0.25) is 10.0 Å². The minimum Gasteiger partial charge on any atom is -0.206 e. The first-order chi connectivity index (χ1) is 8.56. The van der Waals surface area contributed by atoms with Crippen molar-refractivity contribution in [2.75, 3.05) is 0 Å². The lowest BCUT2D eigenvalue weighted by Gasteiger charge is -2.05. The molecule has 94 valence electrons. The minimum atomic E-state index is -0.260. The van der Waals surface area contributed by atoms with Gasteiger partial charge < -0.3 is 0 Å². The molecule has 0 heterocycles. The maximum Gasteiger partial charge on any atom is 0.137 e. The summed E-state index contributed by atoms with van der Waals surface area (Å²) in [5, 5.41) is 1.33. The molecule has 0 aliphatic heterocycles. The first-order valence-corrected chi connectivity index (χ1v) is 7.61. The molecular weight excluding hydrogens is 358 g/mol. The zero-order chi connectivity index (χ0) is 13.1. The SMILES string of the molecule is Fc1ccc(CSc2cc(Cl)ccc2Cl)cc1Br. The normalized spacial score (nSPS) is 10.7. The second-order valence-electron chi connectivity index (χ2n) is 3.61. The van der Waals surface area contributed by atoms with Crippen molar-refractivity contribution in [2.24, 2.45) is 0 Å². The highest BCUT2D eigenvalue weighted by atomic mass is 79.9. The van der Waals surface area contributed by atoms with E-state index in [0.29, 0.717) is 20.3 Å². The van der Waals surface area contributed by atoms with E-state index in [-0.39, 0.29) is 5.82 Å². The van der Waals surface area contributed by atoms with E-state index in [0.717, 1.165) is 10.5 Å². The van der Waals surface area contributed by atoms with Gasteiger partial charge in [0.1, 0.15) is 5.82 Å². The van der Waals surface area contributed by atoms with Gasteiger partial charge in [0.05, 0.1) is 9.50 Å². The Morgan fingerprint density at radius 2 is 1.89 bits per heavy atom. The van der Waals surface area contributed by atoms with Gasteiger partial charge in [-0.3, -0.25) is 0 Å². The molecule has 0 saturated heterocycles. The van der Waals surface area contributed by atoms with Gasteiger partial charge in [-0.05, 0) is 51.8 Å². The van der Waals surface area contributed by atoms with Gasteiger partial charge in [0.25, 0.3) is 0 Å².